The van der Waals surface area contributed by atoms with Crippen LogP contribution in [0.1, 0.15) is 43.4 Å². The topological polar surface area (TPSA) is 24.9 Å². The van der Waals surface area contributed by atoms with Gasteiger partial charge in [0.1, 0.15) is 5.82 Å². The van der Waals surface area contributed by atoms with E-state index >= 15 is 0 Å². The largest absolute Gasteiger partial charge is 0.364 e. The van der Waals surface area contributed by atoms with Crippen molar-refractivity contribution in [2.75, 3.05) is 5.32 Å². The second-order valence-electron chi connectivity index (χ2n) is 5.22. The molecule has 0 unspecified atom stereocenters. The number of nitrogens with one attached hydrogen (secondary N) is 1. The summed E-state index contributed by atoms with van der Waals surface area (Å²) in [7, 11) is 0. The van der Waals surface area contributed by atoms with E-state index in [1.54, 1.807) is 0 Å². The Morgan fingerprint density at radius 1 is 1.35 bits per heavy atom. The van der Waals surface area contributed by atoms with Crippen molar-refractivity contribution in [2.45, 2.75) is 51.5 Å². The van der Waals surface area contributed by atoms with Crippen LogP contribution >= 0.6 is 0 Å². The van der Waals surface area contributed by atoms with Crippen molar-refractivity contribution in [1.29, 1.82) is 0 Å². The van der Waals surface area contributed by atoms with Gasteiger partial charge >= 0.3 is 0 Å². The molecule has 0 radical (unpaired) electrons. The van der Waals surface area contributed by atoms with Gasteiger partial charge in [0, 0.05) is 11.2 Å². The average Bonchev–Trinajstić information content (AvgIpc) is 2.73. The molecule has 0 atom stereocenters. The van der Waals surface area contributed by atoms with E-state index in [-0.39, 0.29) is 5.54 Å². The first kappa shape index (κ1) is 12.2. The zero-order valence-corrected chi connectivity index (χ0v) is 10.9. The lowest BCUT2D eigenvalue weighted by molar-refractivity contribution is 0.485. The Morgan fingerprint density at radius 2 is 2.06 bits per heavy atom. The van der Waals surface area contributed by atoms with Crippen LogP contribution in [0.3, 0.4) is 0 Å². The lowest BCUT2D eigenvalue weighted by atomic mass is 9.93. The van der Waals surface area contributed by atoms with Crippen LogP contribution in [0, 0.1) is 13.8 Å². The highest BCUT2D eigenvalue weighted by molar-refractivity contribution is 5.46. The van der Waals surface area contributed by atoms with Crippen LogP contribution in [0.15, 0.2) is 24.8 Å². The first-order chi connectivity index (χ1) is 8.15. The fraction of sp³-hybridized carbons (Fsp3) is 0.533. The van der Waals surface area contributed by atoms with Gasteiger partial charge in [0.15, 0.2) is 0 Å². The van der Waals surface area contributed by atoms with Crippen LogP contribution in [0.5, 0.6) is 0 Å². The summed E-state index contributed by atoms with van der Waals surface area (Å²) in [6.45, 7) is 8.05. The van der Waals surface area contributed by atoms with E-state index < -0.39 is 0 Å². The summed E-state index contributed by atoms with van der Waals surface area (Å²) in [5.74, 6) is 1.05. The van der Waals surface area contributed by atoms with Crippen LogP contribution < -0.4 is 5.32 Å². The van der Waals surface area contributed by atoms with Crippen molar-refractivity contribution in [3.05, 3.63) is 36.0 Å². The van der Waals surface area contributed by atoms with E-state index in [0.29, 0.717) is 0 Å². The molecule has 1 fully saturated rings. The Balaban J connectivity index is 2.22. The van der Waals surface area contributed by atoms with E-state index in [1.165, 1.54) is 31.2 Å². The molecule has 92 valence electrons. The van der Waals surface area contributed by atoms with Gasteiger partial charge < -0.3 is 5.32 Å². The highest BCUT2D eigenvalue weighted by Crippen LogP contribution is 2.36. The molecule has 0 aromatic carbocycles. The van der Waals surface area contributed by atoms with E-state index in [2.05, 4.69) is 35.9 Å². The molecule has 1 heterocycles. The summed E-state index contributed by atoms with van der Waals surface area (Å²) in [5.41, 5.74) is 2.50. The Morgan fingerprint density at radius 3 is 2.71 bits per heavy atom. The first-order valence-electron chi connectivity index (χ1n) is 6.49. The summed E-state index contributed by atoms with van der Waals surface area (Å²) in [5, 5.41) is 3.68. The van der Waals surface area contributed by atoms with Crippen molar-refractivity contribution in [1.82, 2.24) is 4.98 Å². The van der Waals surface area contributed by atoms with Gasteiger partial charge in [-0.05, 0) is 44.7 Å². The zero-order valence-electron chi connectivity index (χ0n) is 10.9. The number of nitrogens with zero attached hydrogens (tertiary/aromatic N) is 1. The fourth-order valence-electron chi connectivity index (χ4n) is 2.71. The molecular weight excluding hydrogens is 208 g/mol. The molecule has 0 amide bonds. The maximum Gasteiger partial charge on any atom is 0.129 e. The van der Waals surface area contributed by atoms with Crippen molar-refractivity contribution in [2.24, 2.45) is 0 Å². The van der Waals surface area contributed by atoms with E-state index in [4.69, 9.17) is 0 Å². The van der Waals surface area contributed by atoms with Crippen molar-refractivity contribution in [3.8, 4) is 0 Å². The van der Waals surface area contributed by atoms with Crippen LogP contribution in [0.2, 0.25) is 0 Å². The summed E-state index contributed by atoms with van der Waals surface area (Å²) < 4.78 is 0. The third-order valence-corrected chi connectivity index (χ3v) is 3.72. The first-order valence-corrected chi connectivity index (χ1v) is 6.49. The normalized spacial score (nSPS) is 18.0. The Labute approximate surface area is 104 Å². The van der Waals surface area contributed by atoms with Crippen LogP contribution in [0.4, 0.5) is 5.82 Å². The predicted octanol–water partition coefficient (Wildman–Crippen LogP) is 4.00. The van der Waals surface area contributed by atoms with Gasteiger partial charge in [-0.1, -0.05) is 25.0 Å². The van der Waals surface area contributed by atoms with Crippen molar-refractivity contribution < 1.29 is 0 Å². The molecule has 1 aromatic heterocycles. The molecule has 2 rings (SSSR count). The lowest BCUT2D eigenvalue weighted by Gasteiger charge is -2.30. The van der Waals surface area contributed by atoms with Gasteiger partial charge in [0.2, 0.25) is 0 Å². The third kappa shape index (κ3) is 2.68. The summed E-state index contributed by atoms with van der Waals surface area (Å²) in [6, 6.07) is 4.20. The SMILES string of the molecule is C=CCC1(Nc2nc(C)ccc2C)CCCC1. The minimum absolute atomic E-state index is 0.202. The van der Waals surface area contributed by atoms with Gasteiger partial charge in [-0.2, -0.15) is 0 Å². The van der Waals surface area contributed by atoms with Gasteiger partial charge in [-0.15, -0.1) is 6.58 Å². The van der Waals surface area contributed by atoms with E-state index in [1.807, 2.05) is 13.0 Å². The molecule has 2 heteroatoms. The molecule has 0 aliphatic heterocycles. The smallest absolute Gasteiger partial charge is 0.129 e. The number of pyridine rings is 1. The number of aryl methyl sites for hydroxylation is 2. The van der Waals surface area contributed by atoms with Gasteiger partial charge in [-0.25, -0.2) is 4.98 Å². The number of anilines is 1. The molecule has 1 saturated carbocycles. The molecule has 0 bridgehead atoms. The highest BCUT2D eigenvalue weighted by atomic mass is 15.1. The number of hydrogen-bond donors (Lipinski definition) is 1. The molecule has 1 N–H and O–H groups in total. The fourth-order valence-corrected chi connectivity index (χ4v) is 2.71. The zero-order chi connectivity index (χ0) is 12.3. The number of aromatic nitrogens is 1. The monoisotopic (exact) mass is 230 g/mol. The standard InChI is InChI=1S/C15H22N2/c1-4-9-15(10-5-6-11-15)17-14-12(2)7-8-13(3)16-14/h4,7-8H,1,5-6,9-11H2,2-3H3,(H,16,17). The van der Waals surface area contributed by atoms with Crippen LogP contribution in [-0.4, -0.2) is 10.5 Å². The number of rotatable bonds is 4. The maximum atomic E-state index is 4.62. The van der Waals surface area contributed by atoms with Gasteiger partial charge in [-0.3, -0.25) is 0 Å². The second kappa shape index (κ2) is 4.91. The maximum absolute atomic E-state index is 4.62. The Bertz CT molecular complexity index is 403. The molecule has 1 aromatic rings. The van der Waals surface area contributed by atoms with Crippen LogP contribution in [-0.2, 0) is 0 Å². The van der Waals surface area contributed by atoms with Gasteiger partial charge in [0.25, 0.3) is 0 Å². The predicted molar refractivity (Wildman–Crippen MR) is 73.3 cm³/mol. The third-order valence-electron chi connectivity index (χ3n) is 3.72. The molecule has 1 aliphatic carbocycles. The average molecular weight is 230 g/mol. The minimum atomic E-state index is 0.202. The van der Waals surface area contributed by atoms with E-state index in [0.717, 1.165) is 17.9 Å². The molecule has 0 spiro atoms. The minimum Gasteiger partial charge on any atom is -0.364 e. The Hall–Kier alpha value is -1.31. The van der Waals surface area contributed by atoms with E-state index in [9.17, 15) is 0 Å². The molecule has 2 nitrogen and oxygen atoms in total. The number of hydrogen-bond acceptors (Lipinski definition) is 2. The van der Waals surface area contributed by atoms with Crippen LogP contribution in [0.25, 0.3) is 0 Å². The van der Waals surface area contributed by atoms with Crippen molar-refractivity contribution >= 4 is 5.82 Å². The summed E-state index contributed by atoms with van der Waals surface area (Å²) in [6.07, 6.45) is 8.14. The van der Waals surface area contributed by atoms with Gasteiger partial charge in [0.05, 0.1) is 0 Å². The summed E-state index contributed by atoms with van der Waals surface area (Å²) in [4.78, 5) is 4.62. The van der Waals surface area contributed by atoms with Crippen molar-refractivity contribution in [3.63, 3.8) is 0 Å². The molecule has 0 saturated heterocycles. The Kier molecular flexibility index (Phi) is 3.51. The summed E-state index contributed by atoms with van der Waals surface area (Å²) >= 11 is 0. The molecular formula is C15H22N2. The second-order valence-corrected chi connectivity index (χ2v) is 5.22. The molecule has 17 heavy (non-hydrogen) atoms. The highest BCUT2D eigenvalue weighted by Gasteiger charge is 2.32. The molecule has 1 aliphatic rings. The quantitative estimate of drug-likeness (QED) is 0.791. The lowest BCUT2D eigenvalue weighted by Crippen LogP contribution is -2.35.